The first-order chi connectivity index (χ1) is 9.79. The number of fused-ring (bicyclic) bond motifs is 1. The third-order valence-corrected chi connectivity index (χ3v) is 4.38. The van der Waals surface area contributed by atoms with Crippen molar-refractivity contribution in [3.8, 4) is 0 Å². The van der Waals surface area contributed by atoms with E-state index in [4.69, 9.17) is 0 Å². The molecule has 100 valence electrons. The summed E-state index contributed by atoms with van der Waals surface area (Å²) in [4.78, 5) is 15.7. The summed E-state index contributed by atoms with van der Waals surface area (Å²) in [5.41, 5.74) is 1.92. The van der Waals surface area contributed by atoms with Crippen LogP contribution in [-0.4, -0.2) is 12.3 Å². The molecular formula is C17H15NOS. The Morgan fingerprint density at radius 3 is 2.55 bits per heavy atom. The average molecular weight is 281 g/mol. The first-order valence-electron chi connectivity index (χ1n) is 6.65. The van der Waals surface area contributed by atoms with Crippen molar-refractivity contribution in [3.63, 3.8) is 0 Å². The molecule has 0 saturated carbocycles. The van der Waals surface area contributed by atoms with Gasteiger partial charge in [0, 0.05) is 23.1 Å². The quantitative estimate of drug-likeness (QED) is 0.616. The Hall–Kier alpha value is -2.00. The monoisotopic (exact) mass is 281 g/mol. The Morgan fingerprint density at radius 2 is 1.80 bits per heavy atom. The number of para-hydroxylation sites is 1. The van der Waals surface area contributed by atoms with Crippen LogP contribution in [0.3, 0.4) is 0 Å². The van der Waals surface area contributed by atoms with Crippen molar-refractivity contribution < 1.29 is 4.79 Å². The van der Waals surface area contributed by atoms with Gasteiger partial charge in [-0.15, -0.1) is 0 Å². The highest BCUT2D eigenvalue weighted by molar-refractivity contribution is 8.03. The molecule has 2 nitrogen and oxygen atoms in total. The van der Waals surface area contributed by atoms with Gasteiger partial charge in [-0.3, -0.25) is 4.79 Å². The molecular weight excluding hydrogens is 266 g/mol. The van der Waals surface area contributed by atoms with Gasteiger partial charge in [-0.25, -0.2) is 0 Å². The molecule has 0 aromatic heterocycles. The molecule has 0 spiro atoms. The predicted octanol–water partition coefficient (Wildman–Crippen LogP) is 4.34. The van der Waals surface area contributed by atoms with Crippen LogP contribution in [0.4, 0.5) is 5.69 Å². The fourth-order valence-electron chi connectivity index (χ4n) is 2.28. The molecule has 1 aliphatic heterocycles. The van der Waals surface area contributed by atoms with E-state index in [9.17, 15) is 4.79 Å². The van der Waals surface area contributed by atoms with Crippen LogP contribution in [0.1, 0.15) is 17.3 Å². The highest BCUT2D eigenvalue weighted by Gasteiger charge is 2.24. The minimum Gasteiger partial charge on any atom is -0.335 e. The lowest BCUT2D eigenvalue weighted by Crippen LogP contribution is -2.17. The molecule has 1 heterocycles. The maximum Gasteiger partial charge on any atom is 0.188 e. The van der Waals surface area contributed by atoms with Crippen molar-refractivity contribution >= 4 is 23.2 Å². The standard InChI is InChI=1S/C17H15NOS/c1-2-18-14-10-6-7-11-16(14)20-17(18)12-15(19)13-8-4-3-5-9-13/h3-12H,2H2,1H3/b17-12+. The Morgan fingerprint density at radius 1 is 1.10 bits per heavy atom. The second-order valence-corrected chi connectivity index (χ2v) is 5.59. The Labute approximate surface area is 123 Å². The molecule has 2 aromatic rings. The fraction of sp³-hybridized carbons (Fsp3) is 0.118. The lowest BCUT2D eigenvalue weighted by Gasteiger charge is -2.17. The van der Waals surface area contributed by atoms with Gasteiger partial charge in [0.05, 0.1) is 10.7 Å². The Bertz CT molecular complexity index is 664. The third-order valence-electron chi connectivity index (χ3n) is 3.27. The lowest BCUT2D eigenvalue weighted by molar-refractivity contribution is 0.104. The number of hydrogen-bond donors (Lipinski definition) is 0. The number of hydrogen-bond acceptors (Lipinski definition) is 3. The summed E-state index contributed by atoms with van der Waals surface area (Å²) in [5, 5.41) is 1.00. The van der Waals surface area contributed by atoms with Crippen molar-refractivity contribution in [3.05, 3.63) is 71.3 Å². The molecule has 0 atom stereocenters. The molecule has 0 radical (unpaired) electrons. The van der Waals surface area contributed by atoms with Gasteiger partial charge in [0.15, 0.2) is 5.78 Å². The van der Waals surface area contributed by atoms with E-state index >= 15 is 0 Å². The van der Waals surface area contributed by atoms with Crippen LogP contribution in [0.15, 0.2) is 70.6 Å². The van der Waals surface area contributed by atoms with Gasteiger partial charge in [-0.05, 0) is 19.1 Å². The smallest absolute Gasteiger partial charge is 0.188 e. The minimum atomic E-state index is 0.0550. The van der Waals surface area contributed by atoms with E-state index in [1.165, 1.54) is 10.6 Å². The zero-order valence-corrected chi connectivity index (χ0v) is 12.1. The van der Waals surface area contributed by atoms with Gasteiger partial charge in [0.1, 0.15) is 0 Å². The normalized spacial score (nSPS) is 15.4. The lowest BCUT2D eigenvalue weighted by atomic mass is 10.1. The van der Waals surface area contributed by atoms with Crippen molar-refractivity contribution in [2.24, 2.45) is 0 Å². The van der Waals surface area contributed by atoms with E-state index in [2.05, 4.69) is 24.0 Å². The van der Waals surface area contributed by atoms with E-state index < -0.39 is 0 Å². The van der Waals surface area contributed by atoms with E-state index in [-0.39, 0.29) is 5.78 Å². The van der Waals surface area contributed by atoms with Crippen LogP contribution in [-0.2, 0) is 0 Å². The van der Waals surface area contributed by atoms with Gasteiger partial charge >= 0.3 is 0 Å². The topological polar surface area (TPSA) is 20.3 Å². The number of nitrogens with zero attached hydrogens (tertiary/aromatic N) is 1. The second kappa shape index (κ2) is 5.55. The molecule has 20 heavy (non-hydrogen) atoms. The van der Waals surface area contributed by atoms with Crippen molar-refractivity contribution in [1.82, 2.24) is 0 Å². The number of rotatable bonds is 3. The molecule has 1 aliphatic rings. The zero-order chi connectivity index (χ0) is 13.9. The molecule has 0 bridgehead atoms. The number of thioether (sulfide) groups is 1. The maximum atomic E-state index is 12.3. The molecule has 0 amide bonds. The Balaban J connectivity index is 1.92. The van der Waals surface area contributed by atoms with Crippen molar-refractivity contribution in [2.75, 3.05) is 11.4 Å². The van der Waals surface area contributed by atoms with Gasteiger partial charge in [0.25, 0.3) is 0 Å². The van der Waals surface area contributed by atoms with Gasteiger partial charge in [0.2, 0.25) is 0 Å². The minimum absolute atomic E-state index is 0.0550. The molecule has 2 aromatic carbocycles. The van der Waals surface area contributed by atoms with Crippen LogP contribution in [0.5, 0.6) is 0 Å². The van der Waals surface area contributed by atoms with Crippen molar-refractivity contribution in [2.45, 2.75) is 11.8 Å². The molecule has 3 rings (SSSR count). The molecule has 0 unspecified atom stereocenters. The summed E-state index contributed by atoms with van der Waals surface area (Å²) < 4.78 is 0. The van der Waals surface area contributed by atoms with Crippen LogP contribution >= 0.6 is 11.8 Å². The molecule has 0 fully saturated rings. The number of allylic oxidation sites excluding steroid dienone is 1. The van der Waals surface area contributed by atoms with E-state index in [0.717, 1.165) is 17.1 Å². The summed E-state index contributed by atoms with van der Waals surface area (Å²) >= 11 is 1.66. The van der Waals surface area contributed by atoms with E-state index in [0.29, 0.717) is 0 Å². The highest BCUT2D eigenvalue weighted by atomic mass is 32.2. The number of benzene rings is 2. The fourth-order valence-corrected chi connectivity index (χ4v) is 3.44. The maximum absolute atomic E-state index is 12.3. The molecule has 0 N–H and O–H groups in total. The van der Waals surface area contributed by atoms with Gasteiger partial charge in [-0.1, -0.05) is 54.2 Å². The summed E-state index contributed by atoms with van der Waals surface area (Å²) in [5.74, 6) is 0.0550. The number of carbonyl (C=O) groups excluding carboxylic acids is 1. The summed E-state index contributed by atoms with van der Waals surface area (Å²) in [6.45, 7) is 2.96. The number of anilines is 1. The molecule has 3 heteroatoms. The second-order valence-electron chi connectivity index (χ2n) is 4.53. The third kappa shape index (κ3) is 2.37. The number of ketones is 1. The van der Waals surface area contributed by atoms with Crippen LogP contribution < -0.4 is 4.90 Å². The highest BCUT2D eigenvalue weighted by Crippen LogP contribution is 2.45. The van der Waals surface area contributed by atoms with E-state index in [1.54, 1.807) is 17.8 Å². The first kappa shape index (κ1) is 13.0. The largest absolute Gasteiger partial charge is 0.335 e. The summed E-state index contributed by atoms with van der Waals surface area (Å²) in [7, 11) is 0. The van der Waals surface area contributed by atoms with Gasteiger partial charge < -0.3 is 4.90 Å². The van der Waals surface area contributed by atoms with Crippen LogP contribution in [0.2, 0.25) is 0 Å². The van der Waals surface area contributed by atoms with Crippen molar-refractivity contribution in [1.29, 1.82) is 0 Å². The summed E-state index contributed by atoms with van der Waals surface area (Å²) in [6.07, 6.45) is 1.74. The van der Waals surface area contributed by atoms with E-state index in [1.807, 2.05) is 42.5 Å². The Kier molecular flexibility index (Phi) is 3.61. The first-order valence-corrected chi connectivity index (χ1v) is 7.46. The summed E-state index contributed by atoms with van der Waals surface area (Å²) in [6, 6.07) is 17.6. The van der Waals surface area contributed by atoms with Gasteiger partial charge in [-0.2, -0.15) is 0 Å². The molecule has 0 saturated heterocycles. The molecule has 0 aliphatic carbocycles. The zero-order valence-electron chi connectivity index (χ0n) is 11.2. The number of carbonyl (C=O) groups is 1. The van der Waals surface area contributed by atoms with Crippen LogP contribution in [0.25, 0.3) is 0 Å². The SMILES string of the molecule is CCN1/C(=C\C(=O)c2ccccc2)Sc2ccccc21. The average Bonchev–Trinajstić information content (AvgIpc) is 2.85. The predicted molar refractivity (Wildman–Crippen MR) is 84.2 cm³/mol. The van der Waals surface area contributed by atoms with Crippen LogP contribution in [0, 0.1) is 0 Å².